The number of nitrogens with zero attached hydrogens (tertiary/aromatic N) is 5. The van der Waals surface area contributed by atoms with Gasteiger partial charge in [0.2, 0.25) is 0 Å². The number of carbonyl (C=O) groups is 1. The third-order valence-electron chi connectivity index (χ3n) is 5.23. The zero-order valence-corrected chi connectivity index (χ0v) is 14.3. The van der Waals surface area contributed by atoms with Gasteiger partial charge in [0.05, 0.1) is 6.54 Å². The van der Waals surface area contributed by atoms with Crippen LogP contribution in [-0.4, -0.2) is 56.0 Å². The highest BCUT2D eigenvalue weighted by Gasteiger charge is 2.28. The molecule has 24 heavy (non-hydrogen) atoms. The molecule has 1 atom stereocenters. The van der Waals surface area contributed by atoms with Crippen LogP contribution in [-0.2, 0) is 20.1 Å². The Morgan fingerprint density at radius 3 is 2.83 bits per heavy atom. The SMILES string of the molecule is Cn1cccc1C(=O)N1Cc2nccn2C[C@H](CN2CCCC2)C1. The molecule has 2 aliphatic heterocycles. The minimum absolute atomic E-state index is 0.102. The van der Waals surface area contributed by atoms with Crippen molar-refractivity contribution < 1.29 is 4.79 Å². The fraction of sp³-hybridized carbons (Fsp3) is 0.556. The summed E-state index contributed by atoms with van der Waals surface area (Å²) < 4.78 is 4.12. The molecule has 2 aromatic rings. The second-order valence-corrected chi connectivity index (χ2v) is 7.06. The second-order valence-electron chi connectivity index (χ2n) is 7.06. The first-order chi connectivity index (χ1) is 11.7. The van der Waals surface area contributed by atoms with E-state index in [0.717, 1.165) is 31.2 Å². The summed E-state index contributed by atoms with van der Waals surface area (Å²) in [7, 11) is 1.92. The second kappa shape index (κ2) is 6.43. The van der Waals surface area contributed by atoms with Crippen LogP contribution >= 0.6 is 0 Å². The minimum atomic E-state index is 0.102. The Bertz CT molecular complexity index is 713. The highest BCUT2D eigenvalue weighted by atomic mass is 16.2. The van der Waals surface area contributed by atoms with Crippen LogP contribution in [0, 0.1) is 5.92 Å². The van der Waals surface area contributed by atoms with E-state index in [2.05, 4.69) is 14.5 Å². The topological polar surface area (TPSA) is 46.3 Å². The highest BCUT2D eigenvalue weighted by molar-refractivity contribution is 5.92. The Kier molecular flexibility index (Phi) is 4.14. The lowest BCUT2D eigenvalue weighted by Crippen LogP contribution is -2.39. The highest BCUT2D eigenvalue weighted by Crippen LogP contribution is 2.20. The van der Waals surface area contributed by atoms with E-state index in [-0.39, 0.29) is 5.91 Å². The van der Waals surface area contributed by atoms with E-state index < -0.39 is 0 Å². The first kappa shape index (κ1) is 15.4. The number of carbonyl (C=O) groups excluding carboxylic acids is 1. The molecular formula is C18H25N5O. The molecule has 0 N–H and O–H groups in total. The van der Waals surface area contributed by atoms with Crippen molar-refractivity contribution in [1.82, 2.24) is 23.9 Å². The fourth-order valence-corrected chi connectivity index (χ4v) is 3.99. The third kappa shape index (κ3) is 2.98. The van der Waals surface area contributed by atoms with Crippen LogP contribution < -0.4 is 0 Å². The van der Waals surface area contributed by atoms with Gasteiger partial charge in [0.25, 0.3) is 5.91 Å². The molecule has 0 radical (unpaired) electrons. The summed E-state index contributed by atoms with van der Waals surface area (Å²) in [5.41, 5.74) is 0.745. The van der Waals surface area contributed by atoms with Crippen LogP contribution in [0.1, 0.15) is 29.2 Å². The molecule has 4 heterocycles. The molecular weight excluding hydrogens is 302 g/mol. The number of aryl methyl sites for hydroxylation is 1. The van der Waals surface area contributed by atoms with Gasteiger partial charge in [0.1, 0.15) is 11.5 Å². The Hall–Kier alpha value is -2.08. The average Bonchev–Trinajstić information content (AvgIpc) is 3.28. The lowest BCUT2D eigenvalue weighted by atomic mass is 10.1. The van der Waals surface area contributed by atoms with Crippen molar-refractivity contribution >= 4 is 5.91 Å². The summed E-state index contributed by atoms with van der Waals surface area (Å²) in [6, 6.07) is 3.82. The van der Waals surface area contributed by atoms with E-state index >= 15 is 0 Å². The molecule has 2 aromatic heterocycles. The van der Waals surface area contributed by atoms with Gasteiger partial charge in [-0.2, -0.15) is 0 Å². The van der Waals surface area contributed by atoms with Gasteiger partial charge >= 0.3 is 0 Å². The summed E-state index contributed by atoms with van der Waals surface area (Å²) in [5, 5.41) is 0. The van der Waals surface area contributed by atoms with Crippen LogP contribution in [0.15, 0.2) is 30.7 Å². The van der Waals surface area contributed by atoms with E-state index in [0.29, 0.717) is 12.5 Å². The molecule has 1 saturated heterocycles. The lowest BCUT2D eigenvalue weighted by Gasteiger charge is -2.27. The molecule has 1 fully saturated rings. The lowest BCUT2D eigenvalue weighted by molar-refractivity contribution is 0.0697. The number of hydrogen-bond acceptors (Lipinski definition) is 3. The molecule has 1 amide bonds. The molecule has 0 saturated carbocycles. The number of likely N-dealkylation sites (tertiary alicyclic amines) is 1. The van der Waals surface area contributed by atoms with Gasteiger partial charge in [0, 0.05) is 51.2 Å². The van der Waals surface area contributed by atoms with E-state index in [1.165, 1.54) is 25.9 Å². The summed E-state index contributed by atoms with van der Waals surface area (Å²) in [4.78, 5) is 22.0. The Morgan fingerprint density at radius 1 is 1.25 bits per heavy atom. The van der Waals surface area contributed by atoms with Gasteiger partial charge in [-0.25, -0.2) is 4.98 Å². The van der Waals surface area contributed by atoms with Gasteiger partial charge < -0.3 is 18.9 Å². The summed E-state index contributed by atoms with van der Waals surface area (Å²) in [5.74, 6) is 1.54. The Labute approximate surface area is 142 Å². The maximum atomic E-state index is 13.0. The molecule has 0 unspecified atom stereocenters. The molecule has 128 valence electrons. The van der Waals surface area contributed by atoms with Crippen molar-refractivity contribution in [3.05, 3.63) is 42.2 Å². The van der Waals surface area contributed by atoms with Gasteiger partial charge in [-0.05, 0) is 38.1 Å². The molecule has 6 heteroatoms. The molecule has 0 aliphatic carbocycles. The fourth-order valence-electron chi connectivity index (χ4n) is 3.99. The van der Waals surface area contributed by atoms with Crippen LogP contribution in [0.5, 0.6) is 0 Å². The van der Waals surface area contributed by atoms with E-state index in [4.69, 9.17) is 0 Å². The Morgan fingerprint density at radius 2 is 2.08 bits per heavy atom. The summed E-state index contributed by atoms with van der Waals surface area (Å²) in [6.07, 6.45) is 8.42. The predicted octanol–water partition coefficient (Wildman–Crippen LogP) is 1.59. The van der Waals surface area contributed by atoms with E-state index in [1.807, 2.05) is 47.2 Å². The van der Waals surface area contributed by atoms with Gasteiger partial charge in [-0.1, -0.05) is 0 Å². The Balaban J connectivity index is 1.57. The first-order valence-corrected chi connectivity index (χ1v) is 8.83. The van der Waals surface area contributed by atoms with Crippen molar-refractivity contribution in [2.75, 3.05) is 26.2 Å². The van der Waals surface area contributed by atoms with Crippen LogP contribution in [0.2, 0.25) is 0 Å². The quantitative estimate of drug-likeness (QED) is 0.860. The van der Waals surface area contributed by atoms with Crippen molar-refractivity contribution in [3.63, 3.8) is 0 Å². The maximum Gasteiger partial charge on any atom is 0.270 e. The largest absolute Gasteiger partial charge is 0.347 e. The van der Waals surface area contributed by atoms with E-state index in [1.54, 1.807) is 0 Å². The molecule has 0 aromatic carbocycles. The van der Waals surface area contributed by atoms with Crippen LogP contribution in [0.3, 0.4) is 0 Å². The van der Waals surface area contributed by atoms with Crippen molar-refractivity contribution in [3.8, 4) is 0 Å². The smallest absolute Gasteiger partial charge is 0.270 e. The van der Waals surface area contributed by atoms with Crippen molar-refractivity contribution in [2.45, 2.75) is 25.9 Å². The number of rotatable bonds is 3. The average molecular weight is 327 g/mol. The van der Waals surface area contributed by atoms with Crippen LogP contribution in [0.25, 0.3) is 0 Å². The zero-order valence-electron chi connectivity index (χ0n) is 14.3. The van der Waals surface area contributed by atoms with Gasteiger partial charge in [-0.3, -0.25) is 4.79 Å². The number of hydrogen-bond donors (Lipinski definition) is 0. The molecule has 0 spiro atoms. The van der Waals surface area contributed by atoms with Crippen LogP contribution in [0.4, 0.5) is 0 Å². The number of fused-ring (bicyclic) bond motifs is 1. The first-order valence-electron chi connectivity index (χ1n) is 8.83. The number of aromatic nitrogens is 3. The van der Waals surface area contributed by atoms with Gasteiger partial charge in [-0.15, -0.1) is 0 Å². The van der Waals surface area contributed by atoms with Gasteiger partial charge in [0.15, 0.2) is 0 Å². The third-order valence-corrected chi connectivity index (χ3v) is 5.23. The minimum Gasteiger partial charge on any atom is -0.347 e. The summed E-state index contributed by atoms with van der Waals surface area (Å²) >= 11 is 0. The number of amides is 1. The molecule has 6 nitrogen and oxygen atoms in total. The normalized spacial score (nSPS) is 21.7. The number of imidazole rings is 1. The molecule has 2 aliphatic rings. The summed E-state index contributed by atoms with van der Waals surface area (Å²) in [6.45, 7) is 5.78. The zero-order chi connectivity index (χ0) is 16.5. The standard InChI is InChI=1S/C18H25N5O/c1-20-7-4-5-16(20)18(24)23-13-15(11-21-8-2-3-9-21)12-22-10-6-19-17(22)14-23/h4-7,10,15H,2-3,8-9,11-14H2,1H3/t15-/m0/s1. The molecule has 4 rings (SSSR count). The maximum absolute atomic E-state index is 13.0. The molecule has 0 bridgehead atoms. The van der Waals surface area contributed by atoms with E-state index in [9.17, 15) is 4.79 Å². The van der Waals surface area contributed by atoms with Crippen molar-refractivity contribution in [1.29, 1.82) is 0 Å². The predicted molar refractivity (Wildman–Crippen MR) is 91.5 cm³/mol. The van der Waals surface area contributed by atoms with Crippen molar-refractivity contribution in [2.24, 2.45) is 13.0 Å². The monoisotopic (exact) mass is 327 g/mol.